The van der Waals surface area contributed by atoms with E-state index in [4.69, 9.17) is 16.3 Å². The largest absolute Gasteiger partial charge is 0.489 e. The Kier molecular flexibility index (Phi) is 7.08. The number of para-hydroxylation sites is 1. The number of hydrogen-bond acceptors (Lipinski definition) is 9. The first-order valence-corrected chi connectivity index (χ1v) is 14.9. The van der Waals surface area contributed by atoms with Gasteiger partial charge in [0.15, 0.2) is 5.82 Å². The molecule has 2 aliphatic heterocycles. The van der Waals surface area contributed by atoms with Gasteiger partial charge >= 0.3 is 0 Å². The van der Waals surface area contributed by atoms with Crippen molar-refractivity contribution in [2.24, 2.45) is 0 Å². The molecule has 0 saturated carbocycles. The predicted molar refractivity (Wildman–Crippen MR) is 146 cm³/mol. The van der Waals surface area contributed by atoms with E-state index in [1.54, 1.807) is 13.3 Å². The van der Waals surface area contributed by atoms with E-state index in [1.165, 1.54) is 6.20 Å². The van der Waals surface area contributed by atoms with Crippen LogP contribution in [0.25, 0.3) is 0 Å². The highest BCUT2D eigenvalue weighted by Crippen LogP contribution is 2.39. The number of rotatable bonds is 7. The normalized spacial score (nSPS) is 17.7. The van der Waals surface area contributed by atoms with Crippen LogP contribution >= 0.6 is 18.7 Å². The Labute approximate surface area is 215 Å². The maximum Gasteiger partial charge on any atom is 0.229 e. The van der Waals surface area contributed by atoms with Gasteiger partial charge in [0.1, 0.15) is 24.5 Å². The smallest absolute Gasteiger partial charge is 0.229 e. The number of aliphatic hydroxyl groups is 1. The third-order valence-electron chi connectivity index (χ3n) is 6.42. The first kappa shape index (κ1) is 24.8. The Morgan fingerprint density at radius 2 is 2.03 bits per heavy atom. The van der Waals surface area contributed by atoms with Crippen LogP contribution in [-0.2, 0) is 4.57 Å². The molecule has 0 spiro atoms. The van der Waals surface area contributed by atoms with Crippen LogP contribution in [0.3, 0.4) is 0 Å². The summed E-state index contributed by atoms with van der Waals surface area (Å²) in [4.78, 5) is 13.5. The summed E-state index contributed by atoms with van der Waals surface area (Å²) in [6.07, 6.45) is 1.53. The second-order valence-corrected chi connectivity index (χ2v) is 13.0. The highest BCUT2D eigenvalue weighted by Gasteiger charge is 2.32. The molecule has 1 saturated heterocycles. The number of aliphatic hydroxyl groups excluding tert-OH is 1. The summed E-state index contributed by atoms with van der Waals surface area (Å²) < 4.78 is 18.8. The summed E-state index contributed by atoms with van der Waals surface area (Å²) >= 11 is 6.38. The van der Waals surface area contributed by atoms with E-state index in [1.807, 2.05) is 36.4 Å². The fourth-order valence-electron chi connectivity index (χ4n) is 4.68. The Morgan fingerprint density at radius 3 is 2.83 bits per heavy atom. The van der Waals surface area contributed by atoms with Gasteiger partial charge in [-0.1, -0.05) is 23.7 Å². The van der Waals surface area contributed by atoms with Crippen LogP contribution in [0.4, 0.5) is 28.8 Å². The molecule has 0 bridgehead atoms. The minimum absolute atomic E-state index is 0.174. The van der Waals surface area contributed by atoms with Crippen molar-refractivity contribution in [1.29, 1.82) is 0 Å². The van der Waals surface area contributed by atoms with Gasteiger partial charge in [0.05, 0.1) is 30.2 Å². The van der Waals surface area contributed by atoms with E-state index in [9.17, 15) is 9.67 Å². The van der Waals surface area contributed by atoms with Gasteiger partial charge in [0.2, 0.25) is 5.95 Å². The van der Waals surface area contributed by atoms with Crippen LogP contribution in [0, 0.1) is 0 Å². The van der Waals surface area contributed by atoms with E-state index < -0.39 is 7.14 Å². The number of halogens is 1. The van der Waals surface area contributed by atoms with Gasteiger partial charge in [-0.2, -0.15) is 4.98 Å². The van der Waals surface area contributed by atoms with E-state index >= 15 is 0 Å². The molecule has 0 unspecified atom stereocenters. The summed E-state index contributed by atoms with van der Waals surface area (Å²) in [5, 5.41) is 16.8. The molecule has 190 valence electrons. The molecule has 9 nitrogen and oxygen atoms in total. The molecule has 0 aliphatic carbocycles. The number of fused-ring (bicyclic) bond motifs is 3. The van der Waals surface area contributed by atoms with Gasteiger partial charge < -0.3 is 29.9 Å². The van der Waals surface area contributed by atoms with Crippen LogP contribution in [0.15, 0.2) is 48.7 Å². The zero-order chi connectivity index (χ0) is 25.3. The van der Waals surface area contributed by atoms with E-state index in [0.29, 0.717) is 35.6 Å². The second kappa shape index (κ2) is 10.3. The number of ether oxygens (including phenoxy) is 1. The van der Waals surface area contributed by atoms with Crippen molar-refractivity contribution in [2.75, 3.05) is 68.3 Å². The molecule has 2 aromatic carbocycles. The molecule has 3 N–H and O–H groups in total. The summed E-state index contributed by atoms with van der Waals surface area (Å²) in [5.74, 6) is 1.62. The number of nitrogens with one attached hydrogen (secondary N) is 2. The van der Waals surface area contributed by atoms with Crippen LogP contribution in [0.2, 0.25) is 5.02 Å². The van der Waals surface area contributed by atoms with Crippen molar-refractivity contribution >= 4 is 52.9 Å². The van der Waals surface area contributed by atoms with Crippen LogP contribution in [-0.4, -0.2) is 78.7 Å². The van der Waals surface area contributed by atoms with Crippen molar-refractivity contribution in [3.63, 3.8) is 0 Å². The summed E-state index contributed by atoms with van der Waals surface area (Å²) in [6, 6.07) is 13.7. The van der Waals surface area contributed by atoms with Gasteiger partial charge in [0.25, 0.3) is 0 Å². The lowest BCUT2D eigenvalue weighted by Crippen LogP contribution is -2.57. The number of piperazine rings is 1. The van der Waals surface area contributed by atoms with E-state index in [2.05, 4.69) is 36.5 Å². The van der Waals surface area contributed by atoms with Crippen LogP contribution in [0.5, 0.6) is 5.75 Å². The van der Waals surface area contributed by atoms with Gasteiger partial charge in [0, 0.05) is 43.2 Å². The lowest BCUT2D eigenvalue weighted by atomic mass is 10.1. The third-order valence-corrected chi connectivity index (χ3v) is 8.25. The van der Waals surface area contributed by atoms with Gasteiger partial charge in [-0.05, 0) is 37.6 Å². The SMILES string of the molecule is CP(C)(=O)c1ccccc1Nc1nc(Nc2ccc3c(c2)OC[C@H]2CN(CCO)CCN32)ncc1Cl. The maximum absolute atomic E-state index is 12.7. The third kappa shape index (κ3) is 5.30. The fraction of sp³-hybridized carbons (Fsp3) is 0.360. The van der Waals surface area contributed by atoms with Crippen LogP contribution in [0.1, 0.15) is 0 Å². The van der Waals surface area contributed by atoms with Crippen molar-refractivity contribution in [3.05, 3.63) is 53.7 Å². The molecular weight excluding hydrogens is 499 g/mol. The van der Waals surface area contributed by atoms with Crippen molar-refractivity contribution in [3.8, 4) is 5.75 Å². The number of benzene rings is 2. The van der Waals surface area contributed by atoms with E-state index in [0.717, 1.165) is 42.1 Å². The average Bonchev–Trinajstić information content (AvgIpc) is 2.85. The molecular formula is C25H30ClN6O3P. The first-order valence-electron chi connectivity index (χ1n) is 11.9. The van der Waals surface area contributed by atoms with Gasteiger partial charge in [-0.3, -0.25) is 4.90 Å². The number of nitrogens with zero attached hydrogens (tertiary/aromatic N) is 4. The molecule has 3 heterocycles. The molecule has 0 amide bonds. The topological polar surface area (TPSA) is 103 Å². The highest BCUT2D eigenvalue weighted by molar-refractivity contribution is 7.70. The first-order chi connectivity index (χ1) is 17.3. The zero-order valence-electron chi connectivity index (χ0n) is 20.3. The lowest BCUT2D eigenvalue weighted by molar-refractivity contribution is 0.141. The summed E-state index contributed by atoms with van der Waals surface area (Å²) in [5.41, 5.74) is 2.57. The molecule has 3 aromatic rings. The minimum atomic E-state index is -2.50. The molecule has 1 atom stereocenters. The molecule has 2 aliphatic rings. The van der Waals surface area contributed by atoms with Crippen molar-refractivity contribution < 1.29 is 14.4 Å². The molecule has 0 radical (unpaired) electrons. The summed E-state index contributed by atoms with van der Waals surface area (Å²) in [7, 11) is -2.50. The maximum atomic E-state index is 12.7. The number of β-amino-alcohol motifs (C(OH)–C–C–N with tert-alkyl or cyclic N) is 1. The van der Waals surface area contributed by atoms with E-state index in [-0.39, 0.29) is 12.6 Å². The summed E-state index contributed by atoms with van der Waals surface area (Å²) in [6.45, 7) is 7.63. The van der Waals surface area contributed by atoms with Crippen LogP contribution < -0.4 is 25.6 Å². The van der Waals surface area contributed by atoms with Gasteiger partial charge in [-0.25, -0.2) is 4.98 Å². The number of anilines is 5. The zero-order valence-corrected chi connectivity index (χ0v) is 22.0. The molecule has 1 fully saturated rings. The lowest BCUT2D eigenvalue weighted by Gasteiger charge is -2.45. The Bertz CT molecular complexity index is 1300. The van der Waals surface area contributed by atoms with Crippen molar-refractivity contribution in [2.45, 2.75) is 6.04 Å². The number of hydrogen-bond donors (Lipinski definition) is 3. The molecule has 1 aromatic heterocycles. The number of aromatic nitrogens is 2. The monoisotopic (exact) mass is 528 g/mol. The average molecular weight is 529 g/mol. The molecule has 5 rings (SSSR count). The fourth-order valence-corrected chi connectivity index (χ4v) is 5.97. The standard InChI is InChI=1S/C25H30ClN6O3P/c1-36(2,34)23-6-4-3-5-20(23)29-24-19(26)14-27-25(30-24)28-17-7-8-21-22(13-17)35-16-18-15-31(11-12-33)9-10-32(18)21/h3-8,13-14,18,33H,9-12,15-16H2,1-2H3,(H2,27,28,29,30)/t18-/m1/s1. The molecule has 36 heavy (non-hydrogen) atoms. The quantitative estimate of drug-likeness (QED) is 0.396. The van der Waals surface area contributed by atoms with Crippen molar-refractivity contribution in [1.82, 2.24) is 14.9 Å². The Hall–Kier alpha value is -2.84. The van der Waals surface area contributed by atoms with Gasteiger partial charge in [-0.15, -0.1) is 0 Å². The Balaban J connectivity index is 1.33. The highest BCUT2D eigenvalue weighted by atomic mass is 35.5. The predicted octanol–water partition coefficient (Wildman–Crippen LogP) is 3.74. The molecule has 11 heteroatoms. The Morgan fingerprint density at radius 1 is 1.19 bits per heavy atom. The minimum Gasteiger partial charge on any atom is -0.489 e. The second-order valence-electron chi connectivity index (χ2n) is 9.37.